The summed E-state index contributed by atoms with van der Waals surface area (Å²) >= 11 is 0. The lowest BCUT2D eigenvalue weighted by Crippen LogP contribution is -2.41. The summed E-state index contributed by atoms with van der Waals surface area (Å²) in [4.78, 5) is 39.3. The number of benzene rings is 3. The highest BCUT2D eigenvalue weighted by atomic mass is 16.2. The van der Waals surface area contributed by atoms with Crippen LogP contribution in [-0.2, 0) is 0 Å². The Morgan fingerprint density at radius 3 is 2.24 bits per heavy atom. The fourth-order valence-corrected chi connectivity index (χ4v) is 3.48. The average Bonchev–Trinajstić information content (AvgIpc) is 2.83. The largest absolute Gasteiger partial charge is 0.340 e. The number of fused-ring (bicyclic) bond motifs is 1. The number of urea groups is 1. The number of hydrogen-bond acceptors (Lipinski definition) is 5. The van der Waals surface area contributed by atoms with Crippen molar-refractivity contribution in [2.24, 2.45) is 0 Å². The topological polar surface area (TPSA) is 114 Å². The fraction of sp³-hybridized carbons (Fsp3) is 0.0769. The summed E-state index contributed by atoms with van der Waals surface area (Å²) in [6.45, 7) is 1.72. The molecule has 3 N–H and O–H groups in total. The van der Waals surface area contributed by atoms with E-state index in [1.165, 1.54) is 11.0 Å². The minimum Gasteiger partial charge on any atom is -0.340 e. The summed E-state index contributed by atoms with van der Waals surface area (Å²) in [6.07, 6.45) is 1.20. The van der Waals surface area contributed by atoms with E-state index in [-0.39, 0.29) is 24.1 Å². The second-order valence-corrected chi connectivity index (χ2v) is 7.67. The molecule has 3 aromatic rings. The van der Waals surface area contributed by atoms with Gasteiger partial charge in [0.2, 0.25) is 0 Å². The predicted octanol–water partition coefficient (Wildman–Crippen LogP) is 4.75. The highest BCUT2D eigenvalue weighted by Crippen LogP contribution is 2.27. The van der Waals surface area contributed by atoms with Crippen molar-refractivity contribution in [1.29, 1.82) is 5.26 Å². The monoisotopic (exact) mass is 451 g/mol. The van der Waals surface area contributed by atoms with E-state index in [1.54, 1.807) is 60.7 Å². The van der Waals surface area contributed by atoms with Gasteiger partial charge in [-0.2, -0.15) is 5.26 Å². The van der Waals surface area contributed by atoms with Crippen molar-refractivity contribution in [3.05, 3.63) is 101 Å². The van der Waals surface area contributed by atoms with Gasteiger partial charge >= 0.3 is 6.03 Å². The number of hydrogen-bond donors (Lipinski definition) is 3. The number of ketones is 1. The molecule has 1 aliphatic heterocycles. The first-order valence-corrected chi connectivity index (χ1v) is 10.5. The molecule has 0 aliphatic carbocycles. The van der Waals surface area contributed by atoms with Crippen molar-refractivity contribution in [3.63, 3.8) is 0 Å². The standard InChI is InChI=1S/C26H21N5O3/c1-17-6-10-19(11-7-17)28-26(34)29-20-12-8-18(9-13-20)23(32)16-31-24(14-15-27)30-22-5-3-2-4-21(22)25(31)33/h2-14,30H,16H2,1H3,(H2,28,29,34)/b24-14+. The van der Waals surface area contributed by atoms with Gasteiger partial charge in [0, 0.05) is 16.9 Å². The van der Waals surface area contributed by atoms with Gasteiger partial charge in [-0.05, 0) is 55.5 Å². The molecule has 0 aromatic heterocycles. The lowest BCUT2D eigenvalue weighted by atomic mass is 10.1. The Bertz CT molecular complexity index is 1320. The number of nitrogens with zero attached hydrogens (tertiary/aromatic N) is 2. The number of aryl methyl sites for hydroxylation is 1. The number of Topliss-reactive ketones (excluding diaryl/α,β-unsaturated/α-hetero) is 1. The maximum absolute atomic E-state index is 12.9. The van der Waals surface area contributed by atoms with Gasteiger partial charge in [-0.3, -0.25) is 14.5 Å². The maximum atomic E-state index is 12.9. The van der Waals surface area contributed by atoms with Gasteiger partial charge in [-0.1, -0.05) is 29.8 Å². The Labute approximate surface area is 196 Å². The van der Waals surface area contributed by atoms with Crippen LogP contribution in [0.2, 0.25) is 0 Å². The molecule has 1 aliphatic rings. The van der Waals surface area contributed by atoms with Crippen LogP contribution < -0.4 is 16.0 Å². The van der Waals surface area contributed by atoms with Crippen LogP contribution in [0.4, 0.5) is 21.9 Å². The number of rotatable bonds is 5. The Kier molecular flexibility index (Phi) is 6.37. The van der Waals surface area contributed by atoms with Gasteiger partial charge in [0.05, 0.1) is 29.9 Å². The maximum Gasteiger partial charge on any atom is 0.323 e. The molecule has 0 spiro atoms. The first-order valence-electron chi connectivity index (χ1n) is 10.5. The molecule has 4 rings (SSSR count). The minimum atomic E-state index is -0.405. The van der Waals surface area contributed by atoms with Crippen LogP contribution in [0.15, 0.2) is 84.7 Å². The third-order valence-corrected chi connectivity index (χ3v) is 5.23. The molecule has 0 radical (unpaired) electrons. The van der Waals surface area contributed by atoms with Crippen LogP contribution in [0.1, 0.15) is 26.3 Å². The molecule has 0 unspecified atom stereocenters. The normalized spacial score (nSPS) is 13.5. The summed E-state index contributed by atoms with van der Waals surface area (Å²) < 4.78 is 0. The number of allylic oxidation sites excluding steroid dienone is 1. The molecule has 3 amide bonds. The highest BCUT2D eigenvalue weighted by Gasteiger charge is 2.29. The number of nitrogens with one attached hydrogen (secondary N) is 3. The third kappa shape index (κ3) is 4.95. The van der Waals surface area contributed by atoms with Crippen molar-refractivity contribution >= 4 is 34.8 Å². The lowest BCUT2D eigenvalue weighted by molar-refractivity contribution is 0.0754. The molecule has 0 saturated carbocycles. The molecule has 0 atom stereocenters. The van der Waals surface area contributed by atoms with Gasteiger partial charge in [0.15, 0.2) is 5.78 Å². The molecule has 1 heterocycles. The van der Waals surface area contributed by atoms with Crippen LogP contribution in [-0.4, -0.2) is 29.2 Å². The van der Waals surface area contributed by atoms with Gasteiger partial charge < -0.3 is 16.0 Å². The molecule has 8 heteroatoms. The quantitative estimate of drug-likeness (QED) is 0.382. The average molecular weight is 451 g/mol. The Morgan fingerprint density at radius 2 is 1.59 bits per heavy atom. The van der Waals surface area contributed by atoms with Crippen molar-refractivity contribution in [3.8, 4) is 6.07 Å². The number of para-hydroxylation sites is 1. The van der Waals surface area contributed by atoms with E-state index in [0.29, 0.717) is 28.2 Å². The molecule has 168 valence electrons. The molecule has 0 saturated heterocycles. The summed E-state index contributed by atoms with van der Waals surface area (Å²) in [6, 6.07) is 22.2. The Hall–Kier alpha value is -4.90. The number of anilines is 3. The van der Waals surface area contributed by atoms with Gasteiger partial charge in [0.1, 0.15) is 5.82 Å². The van der Waals surface area contributed by atoms with E-state index < -0.39 is 6.03 Å². The highest BCUT2D eigenvalue weighted by molar-refractivity contribution is 6.07. The number of carbonyl (C=O) groups is 3. The van der Waals surface area contributed by atoms with Crippen molar-refractivity contribution in [1.82, 2.24) is 4.90 Å². The van der Waals surface area contributed by atoms with E-state index in [9.17, 15) is 14.4 Å². The first-order chi connectivity index (χ1) is 16.4. The molecular weight excluding hydrogens is 430 g/mol. The van der Waals surface area contributed by atoms with Gasteiger partial charge in [0.25, 0.3) is 5.91 Å². The second kappa shape index (κ2) is 9.71. The molecule has 0 bridgehead atoms. The van der Waals surface area contributed by atoms with E-state index >= 15 is 0 Å². The van der Waals surface area contributed by atoms with Crippen LogP contribution in [0.3, 0.4) is 0 Å². The summed E-state index contributed by atoms with van der Waals surface area (Å²) in [5.41, 5.74) is 3.63. The zero-order valence-electron chi connectivity index (χ0n) is 18.3. The van der Waals surface area contributed by atoms with E-state index in [1.807, 2.05) is 25.1 Å². The Balaban J connectivity index is 1.42. The van der Waals surface area contributed by atoms with E-state index in [4.69, 9.17) is 5.26 Å². The zero-order valence-corrected chi connectivity index (χ0v) is 18.3. The van der Waals surface area contributed by atoms with Gasteiger partial charge in [-0.25, -0.2) is 4.79 Å². The summed E-state index contributed by atoms with van der Waals surface area (Å²) in [5.74, 6) is -0.435. The zero-order chi connectivity index (χ0) is 24.1. The number of nitriles is 1. The van der Waals surface area contributed by atoms with Gasteiger partial charge in [-0.15, -0.1) is 0 Å². The third-order valence-electron chi connectivity index (χ3n) is 5.23. The molecule has 8 nitrogen and oxygen atoms in total. The number of carbonyl (C=O) groups excluding carboxylic acids is 3. The minimum absolute atomic E-state index is 0.241. The SMILES string of the molecule is Cc1ccc(NC(=O)Nc2ccc(C(=O)CN3C(=O)c4ccccc4N/C3=C\C#N)cc2)cc1. The number of amides is 3. The van der Waals surface area contributed by atoms with Crippen molar-refractivity contribution in [2.45, 2.75) is 6.92 Å². The van der Waals surface area contributed by atoms with Crippen molar-refractivity contribution < 1.29 is 14.4 Å². The summed E-state index contributed by atoms with van der Waals surface area (Å²) in [5, 5.41) is 17.6. The first kappa shape index (κ1) is 22.3. The van der Waals surface area contributed by atoms with Crippen LogP contribution >= 0.6 is 0 Å². The lowest BCUT2D eigenvalue weighted by Gasteiger charge is -2.31. The molecule has 34 heavy (non-hydrogen) atoms. The van der Waals surface area contributed by atoms with Crippen LogP contribution in [0.25, 0.3) is 0 Å². The Morgan fingerprint density at radius 1 is 0.971 bits per heavy atom. The van der Waals surface area contributed by atoms with Crippen LogP contribution in [0.5, 0.6) is 0 Å². The molecule has 3 aromatic carbocycles. The summed E-state index contributed by atoms with van der Waals surface area (Å²) in [7, 11) is 0. The predicted molar refractivity (Wildman–Crippen MR) is 129 cm³/mol. The van der Waals surface area contributed by atoms with Crippen molar-refractivity contribution in [2.75, 3.05) is 22.5 Å². The van der Waals surface area contributed by atoms with Crippen LogP contribution in [0, 0.1) is 18.3 Å². The molecular formula is C26H21N5O3. The smallest absolute Gasteiger partial charge is 0.323 e. The second-order valence-electron chi connectivity index (χ2n) is 7.67. The molecule has 0 fully saturated rings. The van der Waals surface area contributed by atoms with E-state index in [2.05, 4.69) is 16.0 Å². The van der Waals surface area contributed by atoms with E-state index in [0.717, 1.165) is 5.56 Å². The fourth-order valence-electron chi connectivity index (χ4n) is 3.48.